The van der Waals surface area contributed by atoms with Crippen LogP contribution in [0.15, 0.2) is 48.8 Å². The molecule has 2 atom stereocenters. The van der Waals surface area contributed by atoms with E-state index >= 15 is 0 Å². The fourth-order valence-corrected chi connectivity index (χ4v) is 6.45. The number of likely N-dealkylation sites (tertiary alicyclic amines) is 1. The molecule has 2 aliphatic rings. The molecule has 0 radical (unpaired) electrons. The van der Waals surface area contributed by atoms with Gasteiger partial charge in [-0.05, 0) is 63.5 Å². The number of benzene rings is 1. The van der Waals surface area contributed by atoms with Gasteiger partial charge < -0.3 is 4.90 Å². The van der Waals surface area contributed by atoms with Crippen molar-refractivity contribution in [3.63, 3.8) is 0 Å². The lowest BCUT2D eigenvalue weighted by atomic mass is 9.73. The minimum atomic E-state index is -0.650. The van der Waals surface area contributed by atoms with Crippen LogP contribution in [0.5, 0.6) is 0 Å². The minimum Gasteiger partial charge on any atom is -0.339 e. The van der Waals surface area contributed by atoms with E-state index < -0.39 is 4.87 Å². The number of amides is 1. The van der Waals surface area contributed by atoms with Gasteiger partial charge in [0.15, 0.2) is 0 Å². The SMILES string of the molecule is C=CC(=O)N1CCC(n2nc(-c3ccc4c(cnn4C)c3)c(C3c4cn[nH]c4C=C(C)C3(C)Cl)c2C)CC1. The van der Waals surface area contributed by atoms with Crippen LogP contribution >= 0.6 is 11.6 Å². The fourth-order valence-electron chi connectivity index (χ4n) is 6.17. The third-order valence-electron chi connectivity index (χ3n) is 8.49. The molecule has 1 saturated heterocycles. The largest absolute Gasteiger partial charge is 0.339 e. The highest BCUT2D eigenvalue weighted by molar-refractivity contribution is 6.27. The molecule has 4 heterocycles. The number of hydrogen-bond donors (Lipinski definition) is 1. The van der Waals surface area contributed by atoms with Crippen LogP contribution in [0.1, 0.15) is 61.2 Å². The number of rotatable bonds is 4. The molecule has 38 heavy (non-hydrogen) atoms. The highest BCUT2D eigenvalue weighted by Crippen LogP contribution is 2.52. The quantitative estimate of drug-likeness (QED) is 0.285. The number of allylic oxidation sites excluding steroid dienone is 1. The van der Waals surface area contributed by atoms with Crippen molar-refractivity contribution in [3.8, 4) is 11.3 Å². The number of carbonyl (C=O) groups excluding carboxylic acids is 1. The summed E-state index contributed by atoms with van der Waals surface area (Å²) in [6, 6.07) is 6.57. The van der Waals surface area contributed by atoms with Crippen LogP contribution in [-0.2, 0) is 11.8 Å². The Hall–Kier alpha value is -3.65. The monoisotopic (exact) mass is 529 g/mol. The Balaban J connectivity index is 1.52. The number of aromatic amines is 1. The first-order valence-corrected chi connectivity index (χ1v) is 13.4. The Morgan fingerprint density at radius 1 is 1.24 bits per heavy atom. The summed E-state index contributed by atoms with van der Waals surface area (Å²) in [5, 5.41) is 18.3. The van der Waals surface area contributed by atoms with Crippen LogP contribution in [0.3, 0.4) is 0 Å². The van der Waals surface area contributed by atoms with Crippen LogP contribution in [-0.4, -0.2) is 58.5 Å². The smallest absolute Gasteiger partial charge is 0.245 e. The van der Waals surface area contributed by atoms with Gasteiger partial charge in [0.2, 0.25) is 5.91 Å². The molecule has 1 fully saturated rings. The summed E-state index contributed by atoms with van der Waals surface area (Å²) in [6.45, 7) is 11.3. The van der Waals surface area contributed by atoms with E-state index in [2.05, 4.69) is 71.6 Å². The number of nitrogens with zero attached hydrogens (tertiary/aromatic N) is 6. The first-order chi connectivity index (χ1) is 18.2. The topological polar surface area (TPSA) is 84.6 Å². The lowest BCUT2D eigenvalue weighted by Crippen LogP contribution is -2.38. The summed E-state index contributed by atoms with van der Waals surface area (Å²) in [5.41, 5.74) is 8.39. The number of fused-ring (bicyclic) bond motifs is 2. The second-order valence-electron chi connectivity index (χ2n) is 10.7. The Bertz CT molecular complexity index is 1600. The lowest BCUT2D eigenvalue weighted by Gasteiger charge is -2.37. The van der Waals surface area contributed by atoms with Gasteiger partial charge in [-0.1, -0.05) is 12.6 Å². The van der Waals surface area contributed by atoms with Gasteiger partial charge in [-0.3, -0.25) is 19.3 Å². The van der Waals surface area contributed by atoms with Gasteiger partial charge in [0.05, 0.1) is 40.2 Å². The van der Waals surface area contributed by atoms with Crippen molar-refractivity contribution >= 4 is 34.5 Å². The number of piperidine rings is 1. The van der Waals surface area contributed by atoms with Crippen molar-refractivity contribution in [2.75, 3.05) is 13.1 Å². The molecule has 1 aliphatic carbocycles. The number of nitrogens with one attached hydrogen (secondary N) is 1. The number of carbonyl (C=O) groups is 1. The van der Waals surface area contributed by atoms with Crippen LogP contribution in [0.2, 0.25) is 0 Å². The van der Waals surface area contributed by atoms with E-state index in [9.17, 15) is 4.79 Å². The molecule has 1 N–H and O–H groups in total. The zero-order chi connectivity index (χ0) is 26.8. The van der Waals surface area contributed by atoms with Crippen molar-refractivity contribution in [3.05, 3.63) is 71.3 Å². The molecule has 6 rings (SSSR count). The van der Waals surface area contributed by atoms with Crippen molar-refractivity contribution in [2.45, 2.75) is 50.4 Å². The molecular weight excluding hydrogens is 498 g/mol. The zero-order valence-corrected chi connectivity index (χ0v) is 23.0. The van der Waals surface area contributed by atoms with Crippen LogP contribution in [0.4, 0.5) is 0 Å². The van der Waals surface area contributed by atoms with Gasteiger partial charge in [-0.25, -0.2) is 0 Å². The third kappa shape index (κ3) is 3.73. The fraction of sp³-hybridized carbons (Fsp3) is 0.379. The minimum absolute atomic E-state index is 0.0124. The number of H-pyrrole nitrogens is 1. The number of alkyl halides is 1. The van der Waals surface area contributed by atoms with E-state index in [4.69, 9.17) is 16.7 Å². The van der Waals surface area contributed by atoms with E-state index in [1.165, 1.54) is 6.08 Å². The molecule has 0 spiro atoms. The summed E-state index contributed by atoms with van der Waals surface area (Å²) in [5.74, 6) is -0.152. The highest BCUT2D eigenvalue weighted by Gasteiger charge is 2.44. The zero-order valence-electron chi connectivity index (χ0n) is 22.2. The van der Waals surface area contributed by atoms with E-state index in [1.807, 2.05) is 29.0 Å². The molecule has 2 unspecified atom stereocenters. The maximum atomic E-state index is 12.2. The van der Waals surface area contributed by atoms with E-state index in [1.54, 1.807) is 0 Å². The van der Waals surface area contributed by atoms with Crippen LogP contribution in [0.25, 0.3) is 28.2 Å². The molecule has 8 nitrogen and oxygen atoms in total. The van der Waals surface area contributed by atoms with Crippen molar-refractivity contribution in [1.29, 1.82) is 0 Å². The van der Waals surface area contributed by atoms with Gasteiger partial charge in [0.25, 0.3) is 0 Å². The molecule has 9 heteroatoms. The van der Waals surface area contributed by atoms with Gasteiger partial charge >= 0.3 is 0 Å². The van der Waals surface area contributed by atoms with Gasteiger partial charge in [-0.2, -0.15) is 15.3 Å². The van der Waals surface area contributed by atoms with E-state index in [-0.39, 0.29) is 17.9 Å². The Kier molecular flexibility index (Phi) is 5.83. The molecular formula is C29H32ClN7O. The van der Waals surface area contributed by atoms with Crippen LogP contribution in [0, 0.1) is 6.92 Å². The molecule has 196 valence electrons. The first-order valence-electron chi connectivity index (χ1n) is 13.0. The lowest BCUT2D eigenvalue weighted by molar-refractivity contribution is -0.127. The van der Waals surface area contributed by atoms with Gasteiger partial charge in [0.1, 0.15) is 0 Å². The summed E-state index contributed by atoms with van der Waals surface area (Å²) in [4.78, 5) is 13.4. The molecule has 1 aromatic carbocycles. The van der Waals surface area contributed by atoms with Crippen molar-refractivity contribution in [2.24, 2.45) is 7.05 Å². The highest BCUT2D eigenvalue weighted by atomic mass is 35.5. The van der Waals surface area contributed by atoms with Gasteiger partial charge in [0, 0.05) is 53.8 Å². The summed E-state index contributed by atoms with van der Waals surface area (Å²) < 4.78 is 4.05. The molecule has 0 bridgehead atoms. The maximum absolute atomic E-state index is 12.2. The number of halogens is 1. The summed E-state index contributed by atoms with van der Waals surface area (Å²) in [6.07, 6.45) is 8.95. The van der Waals surface area contributed by atoms with Crippen LogP contribution < -0.4 is 0 Å². The number of aryl methyl sites for hydroxylation is 1. The second-order valence-corrected chi connectivity index (χ2v) is 11.5. The Morgan fingerprint density at radius 3 is 2.74 bits per heavy atom. The molecule has 0 saturated carbocycles. The number of aromatic nitrogens is 6. The van der Waals surface area contributed by atoms with E-state index in [0.717, 1.165) is 63.1 Å². The molecule has 4 aromatic rings. The van der Waals surface area contributed by atoms with E-state index in [0.29, 0.717) is 13.1 Å². The first kappa shape index (κ1) is 24.7. The summed E-state index contributed by atoms with van der Waals surface area (Å²) >= 11 is 7.39. The molecule has 1 amide bonds. The average Bonchev–Trinajstić information content (AvgIpc) is 3.61. The Labute approximate surface area is 227 Å². The average molecular weight is 530 g/mol. The normalized spacial score (nSPS) is 22.0. The third-order valence-corrected chi connectivity index (χ3v) is 9.00. The van der Waals surface area contributed by atoms with Crippen molar-refractivity contribution < 1.29 is 4.79 Å². The Morgan fingerprint density at radius 2 is 2.00 bits per heavy atom. The number of hydrogen-bond acceptors (Lipinski definition) is 4. The van der Waals surface area contributed by atoms with Gasteiger partial charge in [-0.15, -0.1) is 11.6 Å². The predicted molar refractivity (Wildman–Crippen MR) is 150 cm³/mol. The maximum Gasteiger partial charge on any atom is 0.245 e. The molecule has 1 aliphatic heterocycles. The predicted octanol–water partition coefficient (Wildman–Crippen LogP) is 5.36. The molecule has 3 aromatic heterocycles. The summed E-state index contributed by atoms with van der Waals surface area (Å²) in [7, 11) is 1.95. The van der Waals surface area contributed by atoms with Crippen molar-refractivity contribution in [1.82, 2.24) is 34.7 Å². The second kappa shape index (κ2) is 8.98. The standard InChI is InChI=1S/C29H32ClN7O/c1-6-25(38)36-11-9-21(10-12-36)37-18(3)26(27-22-16-31-33-23(22)13-17(2)29(27,4)30)28(34-37)19-7-8-24-20(14-19)15-32-35(24)5/h6-8,13-16,21,27H,1,9-12H2,2-5H3,(H,31,33).